The monoisotopic (exact) mass is 418 g/mol. The Morgan fingerprint density at radius 3 is 2.87 bits per heavy atom. The smallest absolute Gasteiger partial charge is 0.275 e. The Bertz CT molecular complexity index is 1160. The van der Waals surface area contributed by atoms with Gasteiger partial charge in [0.1, 0.15) is 23.0 Å². The summed E-state index contributed by atoms with van der Waals surface area (Å²) in [6, 6.07) is 9.04. The number of carbonyl (C=O) groups excluding carboxylic acids is 2. The van der Waals surface area contributed by atoms with Gasteiger partial charge in [-0.05, 0) is 36.5 Å². The molecule has 5 rings (SSSR count). The quantitative estimate of drug-likeness (QED) is 0.681. The fraction of sp³-hybridized carbons (Fsp3) is 0.391. The first-order chi connectivity index (χ1) is 14.9. The first kappa shape index (κ1) is 19.5. The second-order valence-corrected chi connectivity index (χ2v) is 8.89. The van der Waals surface area contributed by atoms with Crippen LogP contribution in [0.4, 0.5) is 5.69 Å². The molecule has 0 bridgehead atoms. The highest BCUT2D eigenvalue weighted by Gasteiger charge is 2.60. The fourth-order valence-corrected chi connectivity index (χ4v) is 5.07. The number of nitrogens with one attached hydrogen (secondary N) is 2. The lowest BCUT2D eigenvalue weighted by Crippen LogP contribution is -2.43. The van der Waals surface area contributed by atoms with Crippen molar-refractivity contribution in [1.82, 2.24) is 24.6 Å². The van der Waals surface area contributed by atoms with Crippen LogP contribution in [0.1, 0.15) is 53.9 Å². The fourth-order valence-electron chi connectivity index (χ4n) is 5.07. The minimum atomic E-state index is -0.873. The molecule has 0 unspecified atom stereocenters. The first-order valence-electron chi connectivity index (χ1n) is 10.6. The Hall–Kier alpha value is -3.42. The van der Waals surface area contributed by atoms with E-state index in [1.807, 2.05) is 48.1 Å². The highest BCUT2D eigenvalue weighted by Crippen LogP contribution is 2.54. The van der Waals surface area contributed by atoms with Crippen LogP contribution in [-0.2, 0) is 23.7 Å². The number of amides is 2. The largest absolute Gasteiger partial charge is 0.336 e. The molecule has 2 aromatic heterocycles. The third kappa shape index (κ3) is 2.89. The number of benzene rings is 1. The summed E-state index contributed by atoms with van der Waals surface area (Å²) < 4.78 is 1.89. The molecular formula is C23H26N6O2. The molecule has 2 aliphatic heterocycles. The maximum Gasteiger partial charge on any atom is 0.275 e. The second-order valence-electron chi connectivity index (χ2n) is 8.89. The number of aromatic nitrogens is 4. The summed E-state index contributed by atoms with van der Waals surface area (Å²) in [4.78, 5) is 33.3. The number of fused-ring (bicyclic) bond motifs is 2. The molecule has 0 saturated carbocycles. The molecule has 1 aromatic carbocycles. The number of aryl methyl sites for hydroxylation is 1. The van der Waals surface area contributed by atoms with Crippen LogP contribution in [0.3, 0.4) is 0 Å². The molecule has 1 fully saturated rings. The molecule has 1 spiro atoms. The van der Waals surface area contributed by atoms with Crippen LogP contribution < -0.4 is 5.32 Å². The van der Waals surface area contributed by atoms with E-state index in [2.05, 4.69) is 34.3 Å². The maximum absolute atomic E-state index is 13.6. The third-order valence-electron chi connectivity index (χ3n) is 6.43. The Balaban J connectivity index is 1.59. The van der Waals surface area contributed by atoms with Gasteiger partial charge < -0.3 is 14.8 Å². The molecule has 4 heterocycles. The van der Waals surface area contributed by atoms with E-state index in [0.717, 1.165) is 23.4 Å². The van der Waals surface area contributed by atoms with Gasteiger partial charge in [-0.15, -0.1) is 0 Å². The molecule has 2 atom stereocenters. The van der Waals surface area contributed by atoms with Gasteiger partial charge in [-0.3, -0.25) is 14.7 Å². The van der Waals surface area contributed by atoms with E-state index in [-0.39, 0.29) is 11.8 Å². The highest BCUT2D eigenvalue weighted by atomic mass is 16.2. The van der Waals surface area contributed by atoms with Crippen LogP contribution in [0.2, 0.25) is 0 Å². The highest BCUT2D eigenvalue weighted by molar-refractivity contribution is 6.08. The lowest BCUT2D eigenvalue weighted by molar-refractivity contribution is -0.121. The second kappa shape index (κ2) is 7.08. The molecular weight excluding hydrogens is 392 g/mol. The molecule has 160 valence electrons. The molecule has 1 saturated heterocycles. The Morgan fingerprint density at radius 1 is 1.32 bits per heavy atom. The van der Waals surface area contributed by atoms with Crippen LogP contribution in [0.15, 0.2) is 42.7 Å². The normalized spacial score (nSPS) is 22.4. The van der Waals surface area contributed by atoms with Crippen molar-refractivity contribution in [2.45, 2.75) is 38.1 Å². The zero-order chi connectivity index (χ0) is 21.8. The summed E-state index contributed by atoms with van der Waals surface area (Å²) in [5.41, 5.74) is 2.16. The zero-order valence-corrected chi connectivity index (χ0v) is 17.9. The number of anilines is 1. The van der Waals surface area contributed by atoms with Gasteiger partial charge in [0.05, 0.1) is 0 Å². The van der Waals surface area contributed by atoms with E-state index in [0.29, 0.717) is 30.4 Å². The van der Waals surface area contributed by atoms with Crippen molar-refractivity contribution in [3.63, 3.8) is 0 Å². The number of rotatable bonds is 4. The van der Waals surface area contributed by atoms with E-state index >= 15 is 0 Å². The summed E-state index contributed by atoms with van der Waals surface area (Å²) >= 11 is 0. The summed E-state index contributed by atoms with van der Waals surface area (Å²) in [5, 5.41) is 10.3. The van der Waals surface area contributed by atoms with Crippen molar-refractivity contribution in [3.8, 4) is 0 Å². The predicted octanol–water partition coefficient (Wildman–Crippen LogP) is 2.82. The number of carbonyl (C=O) groups is 2. The van der Waals surface area contributed by atoms with Crippen molar-refractivity contribution >= 4 is 17.5 Å². The van der Waals surface area contributed by atoms with Crippen molar-refractivity contribution in [3.05, 3.63) is 65.5 Å². The van der Waals surface area contributed by atoms with Crippen LogP contribution in [0.5, 0.6) is 0 Å². The minimum absolute atomic E-state index is 0.0838. The van der Waals surface area contributed by atoms with E-state index in [1.54, 1.807) is 11.1 Å². The van der Waals surface area contributed by atoms with Crippen LogP contribution >= 0.6 is 0 Å². The molecule has 2 aliphatic rings. The van der Waals surface area contributed by atoms with Crippen molar-refractivity contribution in [2.75, 3.05) is 11.9 Å². The van der Waals surface area contributed by atoms with Crippen molar-refractivity contribution < 1.29 is 9.59 Å². The first-order valence-corrected chi connectivity index (χ1v) is 10.6. The molecule has 8 nitrogen and oxygen atoms in total. The number of hydrogen-bond donors (Lipinski definition) is 2. The minimum Gasteiger partial charge on any atom is -0.336 e. The lowest BCUT2D eigenvalue weighted by atomic mass is 9.74. The molecule has 0 radical (unpaired) electrons. The van der Waals surface area contributed by atoms with Gasteiger partial charge in [0.25, 0.3) is 5.91 Å². The summed E-state index contributed by atoms with van der Waals surface area (Å²) in [5.74, 6) is 0.876. The molecule has 3 aromatic rings. The average molecular weight is 419 g/mol. The number of H-pyrrole nitrogens is 1. The van der Waals surface area contributed by atoms with Crippen molar-refractivity contribution in [2.24, 2.45) is 13.0 Å². The predicted molar refractivity (Wildman–Crippen MR) is 115 cm³/mol. The van der Waals surface area contributed by atoms with Crippen LogP contribution in [0, 0.1) is 5.92 Å². The average Bonchev–Trinajstić information content (AvgIpc) is 3.49. The number of para-hydroxylation sites is 1. The molecule has 31 heavy (non-hydrogen) atoms. The summed E-state index contributed by atoms with van der Waals surface area (Å²) in [6.07, 6.45) is 4.90. The SMILES string of the molecule is CC(C)Cc1cc(C(=O)N2CC[C@]3(C(=O)Nc4ccccc43)[C@@H]2c2nccn2C)n[nH]1. The van der Waals surface area contributed by atoms with E-state index < -0.39 is 11.5 Å². The van der Waals surface area contributed by atoms with Gasteiger partial charge in [-0.25, -0.2) is 4.98 Å². The summed E-state index contributed by atoms with van der Waals surface area (Å²) in [6.45, 7) is 4.70. The van der Waals surface area contributed by atoms with Crippen molar-refractivity contribution in [1.29, 1.82) is 0 Å². The molecule has 2 amide bonds. The zero-order valence-electron chi connectivity index (χ0n) is 17.9. The molecule has 8 heteroatoms. The number of nitrogens with zero attached hydrogens (tertiary/aromatic N) is 4. The Morgan fingerprint density at radius 2 is 2.13 bits per heavy atom. The standard InChI is InChI=1S/C23H26N6O2/c1-14(2)12-15-13-18(27-26-15)21(30)29-10-8-23(19(29)20-24-9-11-28(20)3)16-6-4-5-7-17(16)25-22(23)31/h4-7,9,11,13-14,19H,8,10,12H2,1-3H3,(H,25,31)(H,26,27)/t19-,23+/m0/s1. The van der Waals surface area contributed by atoms with Gasteiger partial charge in [-0.2, -0.15) is 5.10 Å². The lowest BCUT2D eigenvalue weighted by Gasteiger charge is -2.33. The summed E-state index contributed by atoms with van der Waals surface area (Å²) in [7, 11) is 1.89. The maximum atomic E-state index is 13.6. The van der Waals surface area contributed by atoms with E-state index in [9.17, 15) is 9.59 Å². The van der Waals surface area contributed by atoms with Gasteiger partial charge in [0, 0.05) is 37.4 Å². The number of hydrogen-bond acceptors (Lipinski definition) is 4. The number of imidazole rings is 1. The molecule has 0 aliphatic carbocycles. The third-order valence-corrected chi connectivity index (χ3v) is 6.43. The van der Waals surface area contributed by atoms with Crippen LogP contribution in [-0.4, -0.2) is 43.0 Å². The number of aromatic amines is 1. The van der Waals surface area contributed by atoms with E-state index in [1.165, 1.54) is 0 Å². The topological polar surface area (TPSA) is 95.9 Å². The van der Waals surface area contributed by atoms with Crippen LogP contribution in [0.25, 0.3) is 0 Å². The van der Waals surface area contributed by atoms with Gasteiger partial charge in [0.15, 0.2) is 0 Å². The Labute approximate surface area is 180 Å². The molecule has 2 N–H and O–H groups in total. The van der Waals surface area contributed by atoms with Gasteiger partial charge in [0.2, 0.25) is 5.91 Å². The van der Waals surface area contributed by atoms with Gasteiger partial charge in [-0.1, -0.05) is 32.0 Å². The van der Waals surface area contributed by atoms with Gasteiger partial charge >= 0.3 is 0 Å². The van der Waals surface area contributed by atoms with E-state index in [4.69, 9.17) is 0 Å². The number of likely N-dealkylation sites (tertiary alicyclic amines) is 1. The Kier molecular flexibility index (Phi) is 4.46.